The highest BCUT2D eigenvalue weighted by atomic mass is 16.5. The largest absolute Gasteiger partial charge is 0.502 e. The second-order valence-corrected chi connectivity index (χ2v) is 9.83. The van der Waals surface area contributed by atoms with Gasteiger partial charge in [-0.05, 0) is 39.0 Å². The number of amidine groups is 1. The Morgan fingerprint density at radius 2 is 1.76 bits per heavy atom. The lowest BCUT2D eigenvalue weighted by molar-refractivity contribution is 0.252. The third-order valence-corrected chi connectivity index (χ3v) is 6.61. The molecule has 0 aliphatic carbocycles. The number of benzene rings is 2. The number of nitrogens with one attached hydrogen (secondary N) is 1. The molecule has 11 nitrogen and oxygen atoms in total. The van der Waals surface area contributed by atoms with E-state index in [1.165, 1.54) is 14.2 Å². The van der Waals surface area contributed by atoms with E-state index < -0.39 is 29.0 Å². The van der Waals surface area contributed by atoms with Gasteiger partial charge in [0.15, 0.2) is 17.3 Å². The molecule has 2 aliphatic heterocycles. The molecule has 0 saturated carbocycles. The lowest BCUT2D eigenvalue weighted by Crippen LogP contribution is -2.42. The Morgan fingerprint density at radius 1 is 1.00 bits per heavy atom. The van der Waals surface area contributed by atoms with Crippen LogP contribution in [-0.4, -0.2) is 59.2 Å². The van der Waals surface area contributed by atoms with Crippen LogP contribution in [0.5, 0.6) is 28.7 Å². The number of rotatable bonds is 5. The van der Waals surface area contributed by atoms with Gasteiger partial charge >= 0.3 is 6.03 Å². The first-order valence-electron chi connectivity index (χ1n) is 11.7. The number of phenolic OH excluding ortho intramolecular Hbond substituents is 2. The maximum absolute atomic E-state index is 13.4. The number of carbonyl (C=O) groups excluding carboxylic acids is 1. The average Bonchev–Trinajstić information content (AvgIpc) is 3.44. The molecule has 194 valence electrons. The second-order valence-electron chi connectivity index (χ2n) is 9.83. The van der Waals surface area contributed by atoms with Gasteiger partial charge in [0.2, 0.25) is 11.5 Å². The molecular formula is C26H29N5O6. The number of nitrogens with zero attached hydrogens (tertiary/aromatic N) is 4. The van der Waals surface area contributed by atoms with Crippen molar-refractivity contribution >= 4 is 23.4 Å². The molecule has 0 radical (unpaired) electrons. The summed E-state index contributed by atoms with van der Waals surface area (Å²) in [5.74, 6) is 0.204. The molecule has 3 N–H and O–H groups in total. The summed E-state index contributed by atoms with van der Waals surface area (Å²) in [6.45, 7) is 6.02. The van der Waals surface area contributed by atoms with Crippen molar-refractivity contribution in [3.05, 3.63) is 47.7 Å². The molecule has 3 heterocycles. The Morgan fingerprint density at radius 3 is 2.41 bits per heavy atom. The number of urea groups is 1. The third kappa shape index (κ3) is 3.69. The maximum atomic E-state index is 13.4. The minimum Gasteiger partial charge on any atom is -0.502 e. The molecule has 37 heavy (non-hydrogen) atoms. The number of hydrogen-bond acceptors (Lipinski definition) is 8. The molecule has 1 aromatic heterocycles. The summed E-state index contributed by atoms with van der Waals surface area (Å²) in [4.78, 5) is 19.8. The molecule has 2 amide bonds. The number of hydrogen-bond donors (Lipinski definition) is 3. The van der Waals surface area contributed by atoms with Gasteiger partial charge in [-0.3, -0.25) is 10.2 Å². The van der Waals surface area contributed by atoms with Gasteiger partial charge in [0, 0.05) is 28.8 Å². The number of aromatic hydroxyl groups is 2. The number of fused-ring (bicyclic) bond motifs is 2. The van der Waals surface area contributed by atoms with E-state index in [1.807, 2.05) is 26.8 Å². The van der Waals surface area contributed by atoms with Crippen molar-refractivity contribution in [1.29, 1.82) is 0 Å². The summed E-state index contributed by atoms with van der Waals surface area (Å²) in [6, 6.07) is 7.76. The highest BCUT2D eigenvalue weighted by Crippen LogP contribution is 2.53. The van der Waals surface area contributed by atoms with Crippen molar-refractivity contribution in [2.75, 3.05) is 26.2 Å². The van der Waals surface area contributed by atoms with Gasteiger partial charge in [-0.25, -0.2) is 14.5 Å². The highest BCUT2D eigenvalue weighted by molar-refractivity contribution is 6.18. The monoisotopic (exact) mass is 507 g/mol. The summed E-state index contributed by atoms with van der Waals surface area (Å²) in [5, 5.41) is 28.8. The van der Waals surface area contributed by atoms with E-state index in [2.05, 4.69) is 10.4 Å². The van der Waals surface area contributed by atoms with Gasteiger partial charge in [0.05, 0.1) is 33.1 Å². The van der Waals surface area contributed by atoms with Crippen molar-refractivity contribution in [3.8, 4) is 28.7 Å². The van der Waals surface area contributed by atoms with Crippen LogP contribution in [0.25, 0.3) is 0 Å². The van der Waals surface area contributed by atoms with Crippen molar-refractivity contribution < 1.29 is 29.2 Å². The lowest BCUT2D eigenvalue weighted by atomic mass is 9.82. The van der Waals surface area contributed by atoms with Gasteiger partial charge in [-0.2, -0.15) is 5.10 Å². The van der Waals surface area contributed by atoms with E-state index in [0.29, 0.717) is 28.7 Å². The van der Waals surface area contributed by atoms with Gasteiger partial charge in [0.1, 0.15) is 17.6 Å². The first-order chi connectivity index (χ1) is 17.6. The number of methoxy groups -OCH3 is 3. The molecule has 0 bridgehead atoms. The third-order valence-electron chi connectivity index (χ3n) is 6.61. The highest BCUT2D eigenvalue weighted by Gasteiger charge is 2.49. The summed E-state index contributed by atoms with van der Waals surface area (Å²) in [6.07, 6.45) is 1.72. The van der Waals surface area contributed by atoms with E-state index >= 15 is 0 Å². The van der Waals surface area contributed by atoms with Gasteiger partial charge in [0.25, 0.3) is 0 Å². The smallest absolute Gasteiger partial charge is 0.328 e. The molecule has 2 aliphatic rings. The predicted octanol–water partition coefficient (Wildman–Crippen LogP) is 3.85. The summed E-state index contributed by atoms with van der Waals surface area (Å²) < 4.78 is 18.1. The fourth-order valence-electron chi connectivity index (χ4n) is 4.97. The van der Waals surface area contributed by atoms with Crippen LogP contribution >= 0.6 is 0 Å². The van der Waals surface area contributed by atoms with E-state index in [-0.39, 0.29) is 17.5 Å². The normalized spacial score (nSPS) is 18.6. The van der Waals surface area contributed by atoms with Crippen molar-refractivity contribution in [2.24, 2.45) is 4.99 Å². The second kappa shape index (κ2) is 8.61. The zero-order chi connectivity index (χ0) is 26.6. The van der Waals surface area contributed by atoms with Crippen LogP contribution in [0.2, 0.25) is 0 Å². The molecular weight excluding hydrogens is 478 g/mol. The number of phenols is 2. The molecule has 3 aromatic rings. The summed E-state index contributed by atoms with van der Waals surface area (Å²) in [5.41, 5.74) is 1.41. The van der Waals surface area contributed by atoms with Crippen LogP contribution in [0, 0.1) is 0 Å². The maximum Gasteiger partial charge on any atom is 0.328 e. The minimum absolute atomic E-state index is 0.0592. The Bertz CT molecular complexity index is 1420. The zero-order valence-corrected chi connectivity index (χ0v) is 21.4. The van der Waals surface area contributed by atoms with Gasteiger partial charge in [-0.15, -0.1) is 0 Å². The standard InChI is InChI=1S/C26H29N5O6/c1-26(2,3)31-24-16(12-27-31)18(15-11-17(36-5)20(32)21(33)22(15)37-6)19-23(28-24)29-25(34)30(19)13-8-7-9-14(10-13)35-4/h7-12,18-19,32-33H,1-6H3,(H,28,29,34)/t18-,19-/m1/s1. The fourth-order valence-corrected chi connectivity index (χ4v) is 4.97. The molecule has 1 fully saturated rings. The molecule has 2 aromatic carbocycles. The number of ether oxygens (including phenoxy) is 3. The van der Waals surface area contributed by atoms with Crippen LogP contribution in [0.4, 0.5) is 16.3 Å². The molecule has 0 spiro atoms. The Kier molecular flexibility index (Phi) is 5.65. The quantitative estimate of drug-likeness (QED) is 0.447. The summed E-state index contributed by atoms with van der Waals surface area (Å²) >= 11 is 0. The van der Waals surface area contributed by atoms with Crippen LogP contribution in [-0.2, 0) is 5.54 Å². The average molecular weight is 508 g/mol. The van der Waals surface area contributed by atoms with Crippen molar-refractivity contribution in [3.63, 3.8) is 0 Å². The number of aliphatic imine (C=N–C) groups is 1. The number of amides is 2. The predicted molar refractivity (Wildman–Crippen MR) is 137 cm³/mol. The van der Waals surface area contributed by atoms with Crippen molar-refractivity contribution in [1.82, 2.24) is 15.1 Å². The van der Waals surface area contributed by atoms with Crippen molar-refractivity contribution in [2.45, 2.75) is 38.3 Å². The number of carbonyl (C=O) groups is 1. The van der Waals surface area contributed by atoms with Gasteiger partial charge in [-0.1, -0.05) is 6.07 Å². The van der Waals surface area contributed by atoms with Crippen LogP contribution in [0.3, 0.4) is 0 Å². The lowest BCUT2D eigenvalue weighted by Gasteiger charge is -2.34. The van der Waals surface area contributed by atoms with E-state index in [0.717, 1.165) is 5.56 Å². The first kappa shape index (κ1) is 24.3. The minimum atomic E-state index is -0.646. The molecule has 1 saturated heterocycles. The van der Waals surface area contributed by atoms with E-state index in [4.69, 9.17) is 19.2 Å². The zero-order valence-electron chi connectivity index (χ0n) is 21.4. The Balaban J connectivity index is 1.80. The molecule has 2 atom stereocenters. The van der Waals surface area contributed by atoms with Crippen LogP contribution in [0.1, 0.15) is 37.8 Å². The molecule has 5 rings (SSSR count). The van der Waals surface area contributed by atoms with E-state index in [1.54, 1.807) is 47.2 Å². The molecule has 0 unspecified atom stereocenters. The SMILES string of the molecule is COc1cccc(N2C(=O)NC3=Nc4c(cnn4C(C)(C)C)[C@@H](c4cc(OC)c(O)c(O)c4OC)[C@H]32)c1. The van der Waals surface area contributed by atoms with E-state index in [9.17, 15) is 15.0 Å². The Labute approximate surface area is 213 Å². The number of anilines is 1. The first-order valence-corrected chi connectivity index (χ1v) is 11.7. The molecule has 11 heteroatoms. The van der Waals surface area contributed by atoms with Crippen LogP contribution < -0.4 is 24.4 Å². The summed E-state index contributed by atoms with van der Waals surface area (Å²) in [7, 11) is 4.35. The van der Waals surface area contributed by atoms with Crippen LogP contribution in [0.15, 0.2) is 41.5 Å². The Hall–Kier alpha value is -4.41. The topological polar surface area (TPSA) is 131 Å². The van der Waals surface area contributed by atoms with Gasteiger partial charge < -0.3 is 24.4 Å². The number of aromatic nitrogens is 2. The fraction of sp³-hybridized carbons (Fsp3) is 0.346.